The molecule has 0 saturated carbocycles. The zero-order valence-electron chi connectivity index (χ0n) is 19.5. The third-order valence-electron chi connectivity index (χ3n) is 6.44. The number of anilines is 1. The fourth-order valence-corrected chi connectivity index (χ4v) is 6.03. The van der Waals surface area contributed by atoms with Crippen LogP contribution >= 0.6 is 22.9 Å². The zero-order chi connectivity index (χ0) is 23.7. The number of aryl methyl sites for hydroxylation is 1. The summed E-state index contributed by atoms with van der Waals surface area (Å²) in [5.41, 5.74) is 2.83. The molecule has 2 aliphatic rings. The Morgan fingerprint density at radius 2 is 2.00 bits per heavy atom. The Bertz CT molecular complexity index is 1230. The van der Waals surface area contributed by atoms with Gasteiger partial charge in [0.15, 0.2) is 5.82 Å². The van der Waals surface area contributed by atoms with Crippen molar-refractivity contribution in [3.8, 4) is 5.00 Å². The van der Waals surface area contributed by atoms with Crippen LogP contribution < -0.4 is 4.90 Å². The van der Waals surface area contributed by atoms with E-state index in [-0.39, 0.29) is 11.9 Å². The number of benzene rings is 1. The molecule has 2 aliphatic heterocycles. The van der Waals surface area contributed by atoms with Crippen LogP contribution in [0.15, 0.2) is 35.3 Å². The normalized spacial score (nSPS) is 16.0. The molecule has 0 N–H and O–H groups in total. The van der Waals surface area contributed by atoms with Gasteiger partial charge in [0.05, 0.1) is 23.2 Å². The average molecular weight is 498 g/mol. The van der Waals surface area contributed by atoms with Crippen molar-refractivity contribution >= 4 is 39.6 Å². The first-order chi connectivity index (χ1) is 16.6. The van der Waals surface area contributed by atoms with E-state index in [4.69, 9.17) is 21.3 Å². The summed E-state index contributed by atoms with van der Waals surface area (Å²) in [6, 6.07) is 10.0. The van der Waals surface area contributed by atoms with Crippen LogP contribution in [0.5, 0.6) is 0 Å². The highest BCUT2D eigenvalue weighted by Crippen LogP contribution is 2.39. The number of fused-ring (bicyclic) bond motifs is 3. The topological polar surface area (TPSA) is 72.6 Å². The number of nitrogens with zero attached hydrogens (tertiary/aromatic N) is 5. The molecule has 7 nitrogen and oxygen atoms in total. The number of aliphatic imine (C=N–C) groups is 1. The van der Waals surface area contributed by atoms with Crippen LogP contribution in [-0.2, 0) is 16.1 Å². The molecule has 0 amide bonds. The predicted molar refractivity (Wildman–Crippen MR) is 136 cm³/mol. The quantitative estimate of drug-likeness (QED) is 0.345. The molecule has 0 unspecified atom stereocenters. The first-order valence-electron chi connectivity index (χ1n) is 11.8. The van der Waals surface area contributed by atoms with Crippen LogP contribution in [0.25, 0.3) is 5.00 Å². The summed E-state index contributed by atoms with van der Waals surface area (Å²) in [6.07, 6.45) is 3.55. The number of thiophene rings is 1. The van der Waals surface area contributed by atoms with Crippen LogP contribution in [0.2, 0.25) is 5.02 Å². The van der Waals surface area contributed by atoms with Gasteiger partial charge in [-0.2, -0.15) is 0 Å². The minimum absolute atomic E-state index is 0.0159. The standard InChI is InChI=1S/C25H28ClN5O2S/c1-3-4-13-33-25(32)17-9-11-30(12-10-17)22-14-19-23(18-7-5-6-8-20(18)26)27-15-21-29-28-16(2)31(21)24(19)34-22/h5-8,14,17H,3-4,9-13,15H2,1-2H3. The summed E-state index contributed by atoms with van der Waals surface area (Å²) in [5, 5.41) is 11.6. The van der Waals surface area contributed by atoms with E-state index in [0.717, 1.165) is 77.3 Å². The Kier molecular flexibility index (Phi) is 6.70. The van der Waals surface area contributed by atoms with E-state index < -0.39 is 0 Å². The van der Waals surface area contributed by atoms with Crippen molar-refractivity contribution < 1.29 is 9.53 Å². The van der Waals surface area contributed by atoms with Crippen molar-refractivity contribution in [2.24, 2.45) is 10.9 Å². The highest BCUT2D eigenvalue weighted by atomic mass is 35.5. The molecule has 2 aromatic heterocycles. The van der Waals surface area contributed by atoms with E-state index in [1.54, 1.807) is 11.3 Å². The largest absolute Gasteiger partial charge is 0.465 e. The Morgan fingerprint density at radius 3 is 2.76 bits per heavy atom. The minimum atomic E-state index is -0.0482. The fourth-order valence-electron chi connectivity index (χ4n) is 4.52. The summed E-state index contributed by atoms with van der Waals surface area (Å²) >= 11 is 8.29. The molecular formula is C25H28ClN5O2S. The van der Waals surface area contributed by atoms with Crippen molar-refractivity contribution in [1.82, 2.24) is 14.8 Å². The molecular weight excluding hydrogens is 470 g/mol. The molecule has 0 bridgehead atoms. The third kappa shape index (κ3) is 4.36. The zero-order valence-corrected chi connectivity index (χ0v) is 21.0. The summed E-state index contributed by atoms with van der Waals surface area (Å²) < 4.78 is 7.57. The monoisotopic (exact) mass is 497 g/mol. The summed E-state index contributed by atoms with van der Waals surface area (Å²) in [5.74, 6) is 1.60. The van der Waals surface area contributed by atoms with Gasteiger partial charge in [-0.1, -0.05) is 54.5 Å². The Hall–Kier alpha value is -2.71. The lowest BCUT2D eigenvalue weighted by Crippen LogP contribution is -2.36. The molecule has 1 saturated heterocycles. The molecule has 9 heteroatoms. The maximum atomic E-state index is 12.4. The Morgan fingerprint density at radius 1 is 1.21 bits per heavy atom. The first kappa shape index (κ1) is 23.1. The molecule has 0 radical (unpaired) electrons. The average Bonchev–Trinajstić information content (AvgIpc) is 3.40. The second-order valence-corrected chi connectivity index (χ2v) is 10.1. The van der Waals surface area contributed by atoms with Gasteiger partial charge < -0.3 is 9.64 Å². The SMILES string of the molecule is CCCCOC(=O)C1CCN(c2cc3c(s2)-n2c(C)nnc2CN=C3c2ccccc2Cl)CC1. The number of rotatable bonds is 6. The van der Waals surface area contributed by atoms with E-state index in [1.165, 1.54) is 0 Å². The van der Waals surface area contributed by atoms with Crippen molar-refractivity contribution in [2.75, 3.05) is 24.6 Å². The molecule has 0 atom stereocenters. The van der Waals surface area contributed by atoms with Crippen LogP contribution in [0, 0.1) is 12.8 Å². The molecule has 0 spiro atoms. The summed E-state index contributed by atoms with van der Waals surface area (Å²) in [7, 11) is 0. The summed E-state index contributed by atoms with van der Waals surface area (Å²) in [6.45, 7) is 6.68. The number of hydrogen-bond donors (Lipinski definition) is 0. The van der Waals surface area contributed by atoms with Crippen molar-refractivity contribution in [1.29, 1.82) is 0 Å². The fraction of sp³-hybridized carbons (Fsp3) is 0.440. The molecule has 1 aromatic carbocycles. The lowest BCUT2D eigenvalue weighted by molar-refractivity contribution is -0.149. The lowest BCUT2D eigenvalue weighted by Gasteiger charge is -2.31. The van der Waals surface area contributed by atoms with Crippen molar-refractivity contribution in [3.05, 3.63) is 58.1 Å². The van der Waals surface area contributed by atoms with Gasteiger partial charge in [-0.05, 0) is 38.3 Å². The smallest absolute Gasteiger partial charge is 0.309 e. The second kappa shape index (κ2) is 9.88. The first-order valence-corrected chi connectivity index (χ1v) is 13.0. The number of ether oxygens (including phenoxy) is 1. The van der Waals surface area contributed by atoms with Gasteiger partial charge in [0.2, 0.25) is 0 Å². The van der Waals surface area contributed by atoms with Gasteiger partial charge >= 0.3 is 5.97 Å². The van der Waals surface area contributed by atoms with Gasteiger partial charge in [-0.3, -0.25) is 14.4 Å². The van der Waals surface area contributed by atoms with Crippen molar-refractivity contribution in [2.45, 2.75) is 46.1 Å². The second-order valence-electron chi connectivity index (χ2n) is 8.73. The van der Waals surface area contributed by atoms with Crippen molar-refractivity contribution in [3.63, 3.8) is 0 Å². The molecule has 0 aliphatic carbocycles. The van der Waals surface area contributed by atoms with Crippen LogP contribution in [0.3, 0.4) is 0 Å². The predicted octanol–water partition coefficient (Wildman–Crippen LogP) is 5.20. The van der Waals surface area contributed by atoms with Gasteiger partial charge in [-0.15, -0.1) is 10.2 Å². The van der Waals surface area contributed by atoms with Gasteiger partial charge in [0.25, 0.3) is 0 Å². The minimum Gasteiger partial charge on any atom is -0.465 e. The van der Waals surface area contributed by atoms with Crippen LogP contribution in [0.1, 0.15) is 55.4 Å². The van der Waals surface area contributed by atoms with Gasteiger partial charge in [0, 0.05) is 29.2 Å². The van der Waals surface area contributed by atoms with E-state index in [1.807, 2.05) is 31.2 Å². The van der Waals surface area contributed by atoms with Gasteiger partial charge in [0.1, 0.15) is 17.4 Å². The molecule has 4 heterocycles. The number of unbranched alkanes of at least 4 members (excludes halogenated alkanes) is 1. The van der Waals surface area contributed by atoms with E-state index in [0.29, 0.717) is 18.2 Å². The number of carbonyl (C=O) groups excluding carboxylic acids is 1. The van der Waals surface area contributed by atoms with E-state index in [9.17, 15) is 4.79 Å². The number of carbonyl (C=O) groups is 1. The molecule has 178 valence electrons. The number of piperidine rings is 1. The lowest BCUT2D eigenvalue weighted by atomic mass is 9.97. The third-order valence-corrected chi connectivity index (χ3v) is 7.95. The number of halogens is 1. The molecule has 34 heavy (non-hydrogen) atoms. The highest BCUT2D eigenvalue weighted by molar-refractivity contribution is 7.19. The number of hydrogen-bond acceptors (Lipinski definition) is 7. The highest BCUT2D eigenvalue weighted by Gasteiger charge is 2.30. The van der Waals surface area contributed by atoms with Crippen LogP contribution in [-0.4, -0.2) is 46.1 Å². The molecule has 3 aromatic rings. The van der Waals surface area contributed by atoms with Crippen LogP contribution in [0.4, 0.5) is 5.00 Å². The van der Waals surface area contributed by atoms with E-state index in [2.05, 4.69) is 32.7 Å². The van der Waals surface area contributed by atoms with Gasteiger partial charge in [-0.25, -0.2) is 0 Å². The maximum absolute atomic E-state index is 12.4. The Balaban J connectivity index is 1.43. The number of esters is 1. The summed E-state index contributed by atoms with van der Waals surface area (Å²) in [4.78, 5) is 19.7. The maximum Gasteiger partial charge on any atom is 0.309 e. The molecule has 5 rings (SSSR count). The Labute approximate surface area is 208 Å². The molecule has 1 fully saturated rings. The number of aromatic nitrogens is 3. The van der Waals surface area contributed by atoms with E-state index >= 15 is 0 Å².